The first-order valence-corrected chi connectivity index (χ1v) is 7.84. The molecule has 0 radical (unpaired) electrons. The van der Waals surface area contributed by atoms with Gasteiger partial charge in [0.2, 0.25) is 0 Å². The highest BCUT2D eigenvalue weighted by molar-refractivity contribution is 6.02. The number of likely N-dealkylation sites (N-methyl/N-ethyl adjacent to an activating group) is 1. The summed E-state index contributed by atoms with van der Waals surface area (Å²) in [6.45, 7) is 7.55. The number of esters is 1. The van der Waals surface area contributed by atoms with E-state index in [9.17, 15) is 9.59 Å². The highest BCUT2D eigenvalue weighted by Crippen LogP contribution is 2.23. The Hall–Kier alpha value is -1.88. The number of carbonyl (C=O) groups excluding carboxylic acids is 2. The molecule has 1 fully saturated rings. The van der Waals surface area contributed by atoms with Crippen LogP contribution in [-0.4, -0.2) is 49.6 Å². The topological polar surface area (TPSA) is 55.4 Å². The predicted molar refractivity (Wildman–Crippen MR) is 85.8 cm³/mol. The lowest BCUT2D eigenvalue weighted by Gasteiger charge is -2.32. The molecule has 1 amide bonds. The molecule has 120 valence electrons. The van der Waals surface area contributed by atoms with Gasteiger partial charge in [0.1, 0.15) is 0 Å². The van der Waals surface area contributed by atoms with Gasteiger partial charge in [-0.05, 0) is 25.5 Å². The van der Waals surface area contributed by atoms with Gasteiger partial charge in [0.15, 0.2) is 6.54 Å². The summed E-state index contributed by atoms with van der Waals surface area (Å²) in [5.41, 5.74) is 1.83. The minimum atomic E-state index is -0.431. The number of quaternary nitrogens is 1. The molecule has 1 N–H and O–H groups in total. The fraction of sp³-hybridized carbons (Fsp3) is 0.529. The van der Waals surface area contributed by atoms with E-state index in [2.05, 4.69) is 12.2 Å². The number of hydrogen-bond acceptors (Lipinski definition) is 3. The van der Waals surface area contributed by atoms with E-state index in [1.54, 1.807) is 12.1 Å². The molecule has 0 spiro atoms. The molecule has 1 saturated heterocycles. The number of ether oxygens (including phenoxy) is 1. The summed E-state index contributed by atoms with van der Waals surface area (Å²) >= 11 is 0. The van der Waals surface area contributed by atoms with E-state index >= 15 is 0 Å². The molecule has 1 aliphatic heterocycles. The average molecular weight is 305 g/mol. The smallest absolute Gasteiger partial charge is 0.339 e. The number of nitrogens with one attached hydrogen (secondary N) is 1. The average Bonchev–Trinajstić information content (AvgIpc) is 2.97. The summed E-state index contributed by atoms with van der Waals surface area (Å²) in [6.07, 6.45) is 2.36. The highest BCUT2D eigenvalue weighted by Gasteiger charge is 2.32. The number of hydrogen-bond donors (Lipinski definition) is 1. The van der Waals surface area contributed by atoms with Crippen LogP contribution in [0.4, 0.5) is 5.69 Å². The lowest BCUT2D eigenvalue weighted by Crippen LogP contribution is -2.50. The lowest BCUT2D eigenvalue weighted by atomic mass is 10.1. The Morgan fingerprint density at radius 2 is 1.95 bits per heavy atom. The Balaban J connectivity index is 2.16. The van der Waals surface area contributed by atoms with E-state index in [0.29, 0.717) is 17.8 Å². The van der Waals surface area contributed by atoms with Crippen LogP contribution in [0.5, 0.6) is 0 Å². The highest BCUT2D eigenvalue weighted by atomic mass is 16.5. The fourth-order valence-electron chi connectivity index (χ4n) is 3.19. The summed E-state index contributed by atoms with van der Waals surface area (Å²) in [4.78, 5) is 24.3. The summed E-state index contributed by atoms with van der Waals surface area (Å²) < 4.78 is 5.63. The van der Waals surface area contributed by atoms with Crippen molar-refractivity contribution in [3.63, 3.8) is 0 Å². The zero-order valence-electron chi connectivity index (χ0n) is 13.6. The van der Waals surface area contributed by atoms with Crippen LogP contribution in [0, 0.1) is 6.92 Å². The first-order valence-electron chi connectivity index (χ1n) is 7.84. The van der Waals surface area contributed by atoms with E-state index in [4.69, 9.17) is 4.74 Å². The second-order valence-electron chi connectivity index (χ2n) is 6.01. The maximum absolute atomic E-state index is 12.5. The normalized spacial score (nSPS) is 16.3. The van der Waals surface area contributed by atoms with E-state index in [1.165, 1.54) is 20.0 Å². The van der Waals surface area contributed by atoms with Crippen molar-refractivity contribution >= 4 is 17.6 Å². The van der Waals surface area contributed by atoms with Gasteiger partial charge in [0.05, 0.1) is 38.0 Å². The van der Waals surface area contributed by atoms with Crippen LogP contribution in [0.15, 0.2) is 18.2 Å². The van der Waals surface area contributed by atoms with Crippen LogP contribution in [-0.2, 0) is 9.53 Å². The predicted octanol–water partition coefficient (Wildman–Crippen LogP) is 2.35. The van der Waals surface area contributed by atoms with E-state index < -0.39 is 5.97 Å². The summed E-state index contributed by atoms with van der Waals surface area (Å²) in [5.74, 6) is -0.470. The van der Waals surface area contributed by atoms with E-state index in [-0.39, 0.29) is 5.91 Å². The lowest BCUT2D eigenvalue weighted by molar-refractivity contribution is -0.907. The Bertz CT molecular complexity index is 563. The Labute approximate surface area is 131 Å². The summed E-state index contributed by atoms with van der Waals surface area (Å²) in [5, 5.41) is 2.92. The number of likely N-dealkylation sites (tertiary alicyclic amines) is 1. The van der Waals surface area contributed by atoms with Crippen LogP contribution >= 0.6 is 0 Å². The Kier molecular flexibility index (Phi) is 5.19. The van der Waals surface area contributed by atoms with Crippen LogP contribution < -0.4 is 5.32 Å². The molecule has 2 rings (SSSR count). The number of anilines is 1. The minimum absolute atomic E-state index is 0.0387. The van der Waals surface area contributed by atoms with Gasteiger partial charge in [0, 0.05) is 12.8 Å². The Morgan fingerprint density at radius 3 is 2.55 bits per heavy atom. The second-order valence-corrected chi connectivity index (χ2v) is 6.01. The van der Waals surface area contributed by atoms with Crippen molar-refractivity contribution in [2.45, 2.75) is 26.7 Å². The van der Waals surface area contributed by atoms with Crippen LogP contribution in [0.2, 0.25) is 0 Å². The van der Waals surface area contributed by atoms with E-state index in [1.807, 2.05) is 13.0 Å². The largest absolute Gasteiger partial charge is 0.465 e. The number of carbonyl (C=O) groups is 2. The summed E-state index contributed by atoms with van der Waals surface area (Å²) in [6, 6.07) is 5.34. The van der Waals surface area contributed by atoms with Crippen molar-refractivity contribution in [2.24, 2.45) is 0 Å². The van der Waals surface area contributed by atoms with Gasteiger partial charge in [-0.3, -0.25) is 4.79 Å². The molecule has 1 aromatic carbocycles. The number of rotatable bonds is 5. The molecule has 0 unspecified atom stereocenters. The fourth-order valence-corrected chi connectivity index (χ4v) is 3.19. The van der Waals surface area contributed by atoms with Gasteiger partial charge in [-0.2, -0.15) is 0 Å². The van der Waals surface area contributed by atoms with Crippen molar-refractivity contribution in [1.82, 2.24) is 0 Å². The molecule has 0 saturated carbocycles. The zero-order chi connectivity index (χ0) is 16.2. The first kappa shape index (κ1) is 16.5. The van der Waals surface area contributed by atoms with Crippen LogP contribution in [0.25, 0.3) is 0 Å². The molecular weight excluding hydrogens is 280 g/mol. The number of para-hydroxylation sites is 1. The molecule has 1 aromatic rings. The molecule has 0 bridgehead atoms. The molecule has 0 atom stereocenters. The van der Waals surface area contributed by atoms with Crippen molar-refractivity contribution in [3.05, 3.63) is 29.3 Å². The molecule has 0 aromatic heterocycles. The number of nitrogens with zero attached hydrogens (tertiary/aromatic N) is 1. The van der Waals surface area contributed by atoms with Crippen molar-refractivity contribution in [2.75, 3.05) is 38.6 Å². The van der Waals surface area contributed by atoms with Gasteiger partial charge < -0.3 is 14.5 Å². The van der Waals surface area contributed by atoms with E-state index in [0.717, 1.165) is 29.7 Å². The third kappa shape index (κ3) is 3.47. The molecule has 5 heteroatoms. The monoisotopic (exact) mass is 305 g/mol. The number of amides is 1. The zero-order valence-corrected chi connectivity index (χ0v) is 13.6. The second kappa shape index (κ2) is 6.92. The minimum Gasteiger partial charge on any atom is -0.465 e. The van der Waals surface area contributed by atoms with Gasteiger partial charge >= 0.3 is 5.97 Å². The van der Waals surface area contributed by atoms with Gasteiger partial charge in [-0.15, -0.1) is 0 Å². The van der Waals surface area contributed by atoms with Crippen molar-refractivity contribution in [3.8, 4) is 0 Å². The molecular formula is C17H25N2O3+. The van der Waals surface area contributed by atoms with Gasteiger partial charge in [-0.25, -0.2) is 4.79 Å². The molecule has 1 aliphatic rings. The maximum atomic E-state index is 12.5. The first-order chi connectivity index (χ1) is 10.5. The number of methoxy groups -OCH3 is 1. The maximum Gasteiger partial charge on any atom is 0.339 e. The Morgan fingerprint density at radius 1 is 1.27 bits per heavy atom. The van der Waals surface area contributed by atoms with Crippen molar-refractivity contribution in [1.29, 1.82) is 0 Å². The number of benzene rings is 1. The molecule has 5 nitrogen and oxygen atoms in total. The quantitative estimate of drug-likeness (QED) is 0.671. The SMILES string of the molecule is CC[N+]1(CC(=O)Nc2c(C)cccc2C(=O)OC)CCCC1. The van der Waals surface area contributed by atoms with Gasteiger partial charge in [0.25, 0.3) is 5.91 Å². The third-order valence-electron chi connectivity index (χ3n) is 4.61. The molecule has 0 aliphatic carbocycles. The molecule has 1 heterocycles. The van der Waals surface area contributed by atoms with Crippen molar-refractivity contribution < 1.29 is 18.8 Å². The summed E-state index contributed by atoms with van der Waals surface area (Å²) in [7, 11) is 1.35. The van der Waals surface area contributed by atoms with Gasteiger partial charge in [-0.1, -0.05) is 12.1 Å². The number of aryl methyl sites for hydroxylation is 1. The molecule has 22 heavy (non-hydrogen) atoms. The standard InChI is InChI=1S/C17H24N2O3/c1-4-19(10-5-6-11-19)12-15(20)18-16-13(2)8-7-9-14(16)17(21)22-3/h7-9H,4-6,10-12H2,1-3H3/p+1. The van der Waals surface area contributed by atoms with Crippen LogP contribution in [0.3, 0.4) is 0 Å². The third-order valence-corrected chi connectivity index (χ3v) is 4.61. The van der Waals surface area contributed by atoms with Crippen LogP contribution in [0.1, 0.15) is 35.7 Å².